The van der Waals surface area contributed by atoms with Crippen molar-refractivity contribution in [1.82, 2.24) is 9.80 Å². The first-order valence-corrected chi connectivity index (χ1v) is 10.8. The predicted molar refractivity (Wildman–Crippen MR) is 121 cm³/mol. The lowest BCUT2D eigenvalue weighted by Gasteiger charge is -2.30. The summed E-state index contributed by atoms with van der Waals surface area (Å²) in [5.74, 6) is -1.53. The molecule has 0 spiro atoms. The summed E-state index contributed by atoms with van der Waals surface area (Å²) in [6, 6.07) is 11.3. The molecule has 33 heavy (non-hydrogen) atoms. The van der Waals surface area contributed by atoms with E-state index >= 15 is 0 Å². The van der Waals surface area contributed by atoms with Gasteiger partial charge in [0.15, 0.2) is 6.61 Å². The van der Waals surface area contributed by atoms with Gasteiger partial charge in [-0.25, -0.2) is 4.79 Å². The van der Waals surface area contributed by atoms with Crippen molar-refractivity contribution in [1.29, 1.82) is 0 Å². The van der Waals surface area contributed by atoms with E-state index in [0.717, 1.165) is 4.90 Å². The number of imide groups is 1. The van der Waals surface area contributed by atoms with Crippen LogP contribution in [-0.4, -0.2) is 59.3 Å². The van der Waals surface area contributed by atoms with Gasteiger partial charge in [-0.15, -0.1) is 0 Å². The second kappa shape index (κ2) is 9.85. The van der Waals surface area contributed by atoms with Crippen molar-refractivity contribution in [2.24, 2.45) is 0 Å². The number of rotatable bonds is 8. The molecular formula is C25H28N2O6. The Morgan fingerprint density at radius 2 is 1.52 bits per heavy atom. The Morgan fingerprint density at radius 3 is 2.03 bits per heavy atom. The monoisotopic (exact) mass is 452 g/mol. The lowest BCUT2D eigenvalue weighted by molar-refractivity contribution is -0.138. The van der Waals surface area contributed by atoms with Crippen LogP contribution in [0.2, 0.25) is 0 Å². The molecule has 2 aromatic rings. The van der Waals surface area contributed by atoms with Crippen LogP contribution in [0.25, 0.3) is 0 Å². The zero-order valence-electron chi connectivity index (χ0n) is 19.5. The van der Waals surface area contributed by atoms with E-state index in [1.165, 1.54) is 13.2 Å². The van der Waals surface area contributed by atoms with E-state index in [2.05, 4.69) is 0 Å². The molecule has 174 valence electrons. The standard InChI is InChI=1S/C25H28N2O6/c1-15(2)27(16(3)4)22(28)14-33-25(31)20-12-17(10-11-21(20)32-5)13-26-23(29)18-8-6-7-9-19(18)24(26)30/h6-12,15-16H,13-14H2,1-5H3. The van der Waals surface area contributed by atoms with Gasteiger partial charge in [-0.1, -0.05) is 18.2 Å². The van der Waals surface area contributed by atoms with Crippen LogP contribution in [0.5, 0.6) is 5.75 Å². The molecule has 0 radical (unpaired) electrons. The fourth-order valence-electron chi connectivity index (χ4n) is 4.03. The predicted octanol–water partition coefficient (Wildman–Crippen LogP) is 3.29. The van der Waals surface area contributed by atoms with Gasteiger partial charge in [0.1, 0.15) is 11.3 Å². The molecule has 0 fully saturated rings. The fraction of sp³-hybridized carbons (Fsp3) is 0.360. The number of hydrogen-bond acceptors (Lipinski definition) is 6. The third-order valence-corrected chi connectivity index (χ3v) is 5.43. The first-order chi connectivity index (χ1) is 15.6. The Balaban J connectivity index is 1.76. The van der Waals surface area contributed by atoms with Crippen molar-refractivity contribution in [3.63, 3.8) is 0 Å². The Labute approximate surface area is 193 Å². The van der Waals surface area contributed by atoms with Crippen LogP contribution in [0, 0.1) is 0 Å². The summed E-state index contributed by atoms with van der Waals surface area (Å²) in [6.07, 6.45) is 0. The normalized spacial score (nSPS) is 12.9. The molecule has 0 N–H and O–H groups in total. The van der Waals surface area contributed by atoms with E-state index in [-0.39, 0.29) is 47.7 Å². The van der Waals surface area contributed by atoms with Gasteiger partial charge in [0.2, 0.25) is 0 Å². The summed E-state index contributed by atoms with van der Waals surface area (Å²) >= 11 is 0. The van der Waals surface area contributed by atoms with E-state index in [9.17, 15) is 19.2 Å². The largest absolute Gasteiger partial charge is 0.496 e. The van der Waals surface area contributed by atoms with Crippen molar-refractivity contribution in [2.45, 2.75) is 46.3 Å². The van der Waals surface area contributed by atoms with Crippen LogP contribution in [-0.2, 0) is 16.1 Å². The summed E-state index contributed by atoms with van der Waals surface area (Å²) < 4.78 is 10.5. The molecule has 3 rings (SSSR count). The quantitative estimate of drug-likeness (QED) is 0.451. The Kier molecular flexibility index (Phi) is 7.16. The number of esters is 1. The number of ether oxygens (including phenoxy) is 2. The molecule has 1 heterocycles. The van der Waals surface area contributed by atoms with Gasteiger partial charge in [-0.2, -0.15) is 0 Å². The molecule has 0 aliphatic carbocycles. The lowest BCUT2D eigenvalue weighted by Crippen LogP contribution is -2.44. The number of amides is 3. The molecular weight excluding hydrogens is 424 g/mol. The Bertz CT molecular complexity index is 1050. The van der Waals surface area contributed by atoms with E-state index in [4.69, 9.17) is 9.47 Å². The fourth-order valence-corrected chi connectivity index (χ4v) is 4.03. The average Bonchev–Trinajstić information content (AvgIpc) is 3.02. The first kappa shape index (κ1) is 24.0. The van der Waals surface area contributed by atoms with Gasteiger partial charge in [-0.3, -0.25) is 19.3 Å². The number of carbonyl (C=O) groups is 4. The molecule has 0 bridgehead atoms. The van der Waals surface area contributed by atoms with Crippen LogP contribution < -0.4 is 4.74 Å². The number of hydrogen-bond donors (Lipinski definition) is 0. The molecule has 0 atom stereocenters. The zero-order chi connectivity index (χ0) is 24.3. The maximum atomic E-state index is 12.8. The summed E-state index contributed by atoms with van der Waals surface area (Å²) in [5, 5.41) is 0. The average molecular weight is 453 g/mol. The molecule has 0 aromatic heterocycles. The second-order valence-corrected chi connectivity index (χ2v) is 8.34. The molecule has 2 aromatic carbocycles. The van der Waals surface area contributed by atoms with Crippen LogP contribution in [0.1, 0.15) is 64.3 Å². The Morgan fingerprint density at radius 1 is 0.939 bits per heavy atom. The smallest absolute Gasteiger partial charge is 0.342 e. The van der Waals surface area contributed by atoms with Crippen LogP contribution in [0.15, 0.2) is 42.5 Å². The molecule has 0 saturated heterocycles. The number of nitrogens with zero attached hydrogens (tertiary/aromatic N) is 2. The molecule has 1 aliphatic heterocycles. The van der Waals surface area contributed by atoms with Gasteiger partial charge in [0.25, 0.3) is 17.7 Å². The van der Waals surface area contributed by atoms with E-state index < -0.39 is 12.6 Å². The molecule has 0 saturated carbocycles. The summed E-state index contributed by atoms with van der Waals surface area (Å²) in [6.45, 7) is 7.17. The Hall–Kier alpha value is -3.68. The van der Waals surface area contributed by atoms with Gasteiger partial charge >= 0.3 is 5.97 Å². The SMILES string of the molecule is COc1ccc(CN2C(=O)c3ccccc3C2=O)cc1C(=O)OCC(=O)N(C(C)C)C(C)C. The van der Waals surface area contributed by atoms with Gasteiger partial charge in [0, 0.05) is 12.1 Å². The van der Waals surface area contributed by atoms with E-state index in [0.29, 0.717) is 16.7 Å². The summed E-state index contributed by atoms with van der Waals surface area (Å²) in [4.78, 5) is 53.4. The van der Waals surface area contributed by atoms with Crippen molar-refractivity contribution >= 4 is 23.7 Å². The molecule has 3 amide bonds. The third-order valence-electron chi connectivity index (χ3n) is 5.43. The van der Waals surface area contributed by atoms with E-state index in [1.54, 1.807) is 41.3 Å². The number of methoxy groups -OCH3 is 1. The van der Waals surface area contributed by atoms with Gasteiger partial charge < -0.3 is 14.4 Å². The second-order valence-electron chi connectivity index (χ2n) is 8.34. The minimum Gasteiger partial charge on any atom is -0.496 e. The lowest BCUT2D eigenvalue weighted by atomic mass is 10.1. The van der Waals surface area contributed by atoms with Crippen molar-refractivity contribution < 1.29 is 28.7 Å². The number of benzene rings is 2. The number of carbonyl (C=O) groups excluding carboxylic acids is 4. The van der Waals surface area contributed by atoms with Crippen LogP contribution in [0.4, 0.5) is 0 Å². The van der Waals surface area contributed by atoms with Crippen molar-refractivity contribution in [2.75, 3.05) is 13.7 Å². The van der Waals surface area contributed by atoms with Crippen molar-refractivity contribution in [3.8, 4) is 5.75 Å². The highest BCUT2D eigenvalue weighted by atomic mass is 16.5. The molecule has 1 aliphatic rings. The van der Waals surface area contributed by atoms with Crippen LogP contribution >= 0.6 is 0 Å². The highest BCUT2D eigenvalue weighted by molar-refractivity contribution is 6.21. The topological polar surface area (TPSA) is 93.2 Å². The minimum atomic E-state index is -0.725. The zero-order valence-corrected chi connectivity index (χ0v) is 19.5. The van der Waals surface area contributed by atoms with Crippen LogP contribution in [0.3, 0.4) is 0 Å². The summed E-state index contributed by atoms with van der Waals surface area (Å²) in [5.41, 5.74) is 1.37. The molecule has 8 heteroatoms. The minimum absolute atomic E-state index is 0.00989. The molecule has 8 nitrogen and oxygen atoms in total. The third kappa shape index (κ3) is 4.89. The number of fused-ring (bicyclic) bond motifs is 1. The van der Waals surface area contributed by atoms with Gasteiger partial charge in [-0.05, 0) is 57.5 Å². The highest BCUT2D eigenvalue weighted by Crippen LogP contribution is 2.27. The molecule has 0 unspecified atom stereocenters. The first-order valence-electron chi connectivity index (χ1n) is 10.8. The van der Waals surface area contributed by atoms with E-state index in [1.807, 2.05) is 27.7 Å². The highest BCUT2D eigenvalue weighted by Gasteiger charge is 2.35. The maximum absolute atomic E-state index is 12.8. The maximum Gasteiger partial charge on any atom is 0.342 e. The van der Waals surface area contributed by atoms with Crippen molar-refractivity contribution in [3.05, 3.63) is 64.7 Å². The summed E-state index contributed by atoms with van der Waals surface area (Å²) in [7, 11) is 1.42. The van der Waals surface area contributed by atoms with Gasteiger partial charge in [0.05, 0.1) is 24.8 Å².